The van der Waals surface area contributed by atoms with Gasteiger partial charge in [-0.1, -0.05) is 18.2 Å². The molecule has 0 saturated carbocycles. The number of carbonyl (C=O) groups excluding carboxylic acids is 2. The van der Waals surface area contributed by atoms with Crippen LogP contribution in [0.5, 0.6) is 0 Å². The van der Waals surface area contributed by atoms with E-state index in [-0.39, 0.29) is 17.0 Å². The molecule has 1 aliphatic rings. The summed E-state index contributed by atoms with van der Waals surface area (Å²) in [4.78, 5) is 28.5. The first kappa shape index (κ1) is 19.2. The SMILES string of the molecule is Cc1[nH]c2ccc(CNC(=O)C(C)N3C(=O)c4ccccc4S3(=O)=O)cc2c1C. The number of aromatic amines is 1. The van der Waals surface area contributed by atoms with Gasteiger partial charge < -0.3 is 10.3 Å². The lowest BCUT2D eigenvalue weighted by molar-refractivity contribution is -0.124. The first-order valence-corrected chi connectivity index (χ1v) is 10.7. The smallest absolute Gasteiger partial charge is 0.269 e. The normalized spacial score (nSPS) is 16.1. The number of sulfonamides is 1. The van der Waals surface area contributed by atoms with E-state index in [1.807, 2.05) is 32.0 Å². The van der Waals surface area contributed by atoms with Crippen molar-refractivity contribution in [3.05, 3.63) is 64.8 Å². The number of benzene rings is 2. The second-order valence-electron chi connectivity index (χ2n) is 7.25. The highest BCUT2D eigenvalue weighted by Gasteiger charge is 2.45. The summed E-state index contributed by atoms with van der Waals surface area (Å²) in [6, 6.07) is 10.7. The van der Waals surface area contributed by atoms with Crippen LogP contribution in [0.4, 0.5) is 0 Å². The predicted molar refractivity (Wildman–Crippen MR) is 109 cm³/mol. The van der Waals surface area contributed by atoms with Gasteiger partial charge in [-0.25, -0.2) is 12.7 Å². The second-order valence-corrected chi connectivity index (χ2v) is 9.03. The van der Waals surface area contributed by atoms with E-state index in [1.165, 1.54) is 19.1 Å². The van der Waals surface area contributed by atoms with Crippen LogP contribution in [0.25, 0.3) is 10.9 Å². The van der Waals surface area contributed by atoms with Crippen molar-refractivity contribution in [2.24, 2.45) is 0 Å². The molecule has 7 nitrogen and oxygen atoms in total. The first-order chi connectivity index (χ1) is 13.7. The van der Waals surface area contributed by atoms with E-state index in [2.05, 4.69) is 10.3 Å². The summed E-state index contributed by atoms with van der Waals surface area (Å²) < 4.78 is 26.1. The fourth-order valence-corrected chi connectivity index (χ4v) is 5.37. The third-order valence-corrected chi connectivity index (χ3v) is 7.34. The van der Waals surface area contributed by atoms with Gasteiger partial charge in [0.05, 0.1) is 5.56 Å². The molecule has 2 aromatic carbocycles. The van der Waals surface area contributed by atoms with Gasteiger partial charge in [-0.05, 0) is 56.2 Å². The lowest BCUT2D eigenvalue weighted by atomic mass is 10.1. The molecule has 1 aliphatic heterocycles. The molecule has 4 rings (SSSR count). The molecule has 0 spiro atoms. The molecular formula is C21H21N3O4S. The van der Waals surface area contributed by atoms with Crippen molar-refractivity contribution in [1.29, 1.82) is 0 Å². The van der Waals surface area contributed by atoms with Crippen molar-refractivity contribution in [3.63, 3.8) is 0 Å². The van der Waals surface area contributed by atoms with Gasteiger partial charge in [-0.2, -0.15) is 0 Å². The fraction of sp³-hybridized carbons (Fsp3) is 0.238. The summed E-state index contributed by atoms with van der Waals surface area (Å²) in [6.45, 7) is 5.68. The Labute approximate surface area is 168 Å². The molecule has 8 heteroatoms. The number of amides is 2. The number of aryl methyl sites for hydroxylation is 2. The number of rotatable bonds is 4. The van der Waals surface area contributed by atoms with Gasteiger partial charge in [0, 0.05) is 23.1 Å². The number of hydrogen-bond donors (Lipinski definition) is 2. The topological polar surface area (TPSA) is 99.3 Å². The summed E-state index contributed by atoms with van der Waals surface area (Å²) in [6.07, 6.45) is 0. The van der Waals surface area contributed by atoms with Crippen molar-refractivity contribution in [3.8, 4) is 0 Å². The van der Waals surface area contributed by atoms with Crippen LogP contribution in [0.15, 0.2) is 47.4 Å². The summed E-state index contributed by atoms with van der Waals surface area (Å²) in [5.41, 5.74) is 4.24. The third kappa shape index (κ3) is 3.00. The van der Waals surface area contributed by atoms with Crippen LogP contribution in [0.1, 0.15) is 34.1 Å². The zero-order valence-electron chi connectivity index (χ0n) is 16.3. The minimum atomic E-state index is -4.04. The lowest BCUT2D eigenvalue weighted by Gasteiger charge is -2.22. The Morgan fingerprint density at radius 1 is 1.17 bits per heavy atom. The Bertz CT molecular complexity index is 1260. The number of fused-ring (bicyclic) bond motifs is 2. The molecule has 1 aromatic heterocycles. The van der Waals surface area contributed by atoms with E-state index in [1.54, 1.807) is 12.1 Å². The van der Waals surface area contributed by atoms with Crippen molar-refractivity contribution in [2.75, 3.05) is 0 Å². The molecule has 150 valence electrons. The molecule has 0 radical (unpaired) electrons. The number of nitrogens with one attached hydrogen (secondary N) is 2. The Kier molecular flexibility index (Phi) is 4.46. The largest absolute Gasteiger partial charge is 0.358 e. The van der Waals surface area contributed by atoms with Crippen molar-refractivity contribution in [2.45, 2.75) is 38.3 Å². The second kappa shape index (κ2) is 6.73. The molecule has 0 saturated heterocycles. The molecule has 1 atom stereocenters. The number of H-pyrrole nitrogens is 1. The molecule has 0 bridgehead atoms. The number of carbonyl (C=O) groups is 2. The maximum atomic E-state index is 12.7. The highest BCUT2D eigenvalue weighted by atomic mass is 32.2. The van der Waals surface area contributed by atoms with Gasteiger partial charge >= 0.3 is 0 Å². The quantitative estimate of drug-likeness (QED) is 0.689. The van der Waals surface area contributed by atoms with E-state index in [0.29, 0.717) is 4.31 Å². The Morgan fingerprint density at radius 2 is 1.90 bits per heavy atom. The summed E-state index contributed by atoms with van der Waals surface area (Å²) in [5.74, 6) is -1.21. The van der Waals surface area contributed by atoms with E-state index in [0.717, 1.165) is 27.7 Å². The monoisotopic (exact) mass is 411 g/mol. The minimum absolute atomic E-state index is 0.0617. The Morgan fingerprint density at radius 3 is 2.62 bits per heavy atom. The van der Waals surface area contributed by atoms with Crippen LogP contribution in [-0.2, 0) is 21.4 Å². The number of hydrogen-bond acceptors (Lipinski definition) is 4. The maximum absolute atomic E-state index is 12.7. The van der Waals surface area contributed by atoms with E-state index in [4.69, 9.17) is 0 Å². The van der Waals surface area contributed by atoms with E-state index < -0.39 is 27.9 Å². The van der Waals surface area contributed by atoms with Crippen LogP contribution >= 0.6 is 0 Å². The molecule has 29 heavy (non-hydrogen) atoms. The molecular weight excluding hydrogens is 390 g/mol. The van der Waals surface area contributed by atoms with Crippen LogP contribution < -0.4 is 5.32 Å². The van der Waals surface area contributed by atoms with Crippen LogP contribution in [0.2, 0.25) is 0 Å². The van der Waals surface area contributed by atoms with Crippen LogP contribution in [0, 0.1) is 13.8 Å². The summed E-state index contributed by atoms with van der Waals surface area (Å²) in [7, 11) is -4.04. The minimum Gasteiger partial charge on any atom is -0.358 e. The molecule has 0 fully saturated rings. The zero-order valence-corrected chi connectivity index (χ0v) is 17.1. The van der Waals surface area contributed by atoms with Gasteiger partial charge in [0.2, 0.25) is 5.91 Å². The van der Waals surface area contributed by atoms with E-state index >= 15 is 0 Å². The number of aromatic nitrogens is 1. The van der Waals surface area contributed by atoms with Crippen molar-refractivity contribution < 1.29 is 18.0 Å². The molecule has 3 aromatic rings. The van der Waals surface area contributed by atoms with Gasteiger partial charge in [0.15, 0.2) is 0 Å². The first-order valence-electron chi connectivity index (χ1n) is 9.25. The number of nitrogens with zero attached hydrogens (tertiary/aromatic N) is 1. The van der Waals surface area contributed by atoms with Crippen molar-refractivity contribution >= 4 is 32.7 Å². The van der Waals surface area contributed by atoms with Gasteiger partial charge in [0.1, 0.15) is 10.9 Å². The highest BCUT2D eigenvalue weighted by molar-refractivity contribution is 7.90. The maximum Gasteiger partial charge on any atom is 0.269 e. The summed E-state index contributed by atoms with van der Waals surface area (Å²) >= 11 is 0. The molecule has 2 amide bonds. The van der Waals surface area contributed by atoms with E-state index in [9.17, 15) is 18.0 Å². The third-order valence-electron chi connectivity index (χ3n) is 5.43. The lowest BCUT2D eigenvalue weighted by Crippen LogP contribution is -2.47. The Balaban J connectivity index is 1.52. The van der Waals surface area contributed by atoms with Gasteiger partial charge in [0.25, 0.3) is 15.9 Å². The molecule has 2 heterocycles. The zero-order chi connectivity index (χ0) is 20.9. The standard InChI is InChI=1S/C21H21N3O4S/c1-12-13(2)23-18-9-8-15(10-17(12)18)11-22-20(25)14(3)24-21(26)16-6-4-5-7-19(16)29(24,27)28/h4-10,14,23H,11H2,1-3H3,(H,22,25). The summed E-state index contributed by atoms with van der Waals surface area (Å²) in [5, 5.41) is 3.82. The van der Waals surface area contributed by atoms with Gasteiger partial charge in [-0.3, -0.25) is 9.59 Å². The molecule has 2 N–H and O–H groups in total. The average Bonchev–Trinajstić information content (AvgIpc) is 3.09. The molecule has 1 unspecified atom stereocenters. The predicted octanol–water partition coefficient (Wildman–Crippen LogP) is 2.63. The molecule has 0 aliphatic carbocycles. The highest BCUT2D eigenvalue weighted by Crippen LogP contribution is 2.31. The van der Waals surface area contributed by atoms with Crippen LogP contribution in [-0.4, -0.2) is 35.6 Å². The van der Waals surface area contributed by atoms with Gasteiger partial charge in [-0.15, -0.1) is 0 Å². The van der Waals surface area contributed by atoms with Crippen LogP contribution in [0.3, 0.4) is 0 Å². The Hall–Kier alpha value is -3.13. The fourth-order valence-electron chi connectivity index (χ4n) is 3.65. The average molecular weight is 411 g/mol. The van der Waals surface area contributed by atoms with Crippen molar-refractivity contribution in [1.82, 2.24) is 14.6 Å².